The lowest BCUT2D eigenvalue weighted by atomic mass is 10.1. The van der Waals surface area contributed by atoms with E-state index in [-0.39, 0.29) is 18.1 Å². The third-order valence-electron chi connectivity index (χ3n) is 3.57. The minimum atomic E-state index is -0.154. The van der Waals surface area contributed by atoms with Crippen LogP contribution in [0.3, 0.4) is 0 Å². The van der Waals surface area contributed by atoms with E-state index >= 15 is 0 Å². The van der Waals surface area contributed by atoms with Gasteiger partial charge >= 0.3 is 0 Å². The second-order valence-electron chi connectivity index (χ2n) is 5.29. The summed E-state index contributed by atoms with van der Waals surface area (Å²) in [6.45, 7) is 3.04. The summed E-state index contributed by atoms with van der Waals surface area (Å²) >= 11 is 0. The summed E-state index contributed by atoms with van der Waals surface area (Å²) in [6.07, 6.45) is 2.34. The van der Waals surface area contributed by atoms with E-state index in [0.717, 1.165) is 0 Å². The van der Waals surface area contributed by atoms with Gasteiger partial charge in [0.25, 0.3) is 5.91 Å². The molecule has 2 aliphatic rings. The van der Waals surface area contributed by atoms with Gasteiger partial charge in [-0.3, -0.25) is 4.79 Å². The third-order valence-corrected chi connectivity index (χ3v) is 3.57. The number of hydrogen-bond acceptors (Lipinski definition) is 4. The van der Waals surface area contributed by atoms with Crippen LogP contribution in [0.2, 0.25) is 0 Å². The van der Waals surface area contributed by atoms with Crippen LogP contribution in [0.4, 0.5) is 5.69 Å². The van der Waals surface area contributed by atoms with Crippen LogP contribution in [0, 0.1) is 5.41 Å². The topological polar surface area (TPSA) is 73.6 Å². The zero-order valence-corrected chi connectivity index (χ0v) is 10.3. The number of ether oxygens (including phenoxy) is 2. The van der Waals surface area contributed by atoms with Gasteiger partial charge in [-0.1, -0.05) is 6.92 Å². The fourth-order valence-electron chi connectivity index (χ4n) is 1.93. The van der Waals surface area contributed by atoms with E-state index in [2.05, 4.69) is 12.2 Å². The molecule has 1 aliphatic carbocycles. The smallest absolute Gasteiger partial charge is 0.253 e. The van der Waals surface area contributed by atoms with E-state index in [0.29, 0.717) is 29.3 Å². The zero-order valence-electron chi connectivity index (χ0n) is 10.3. The average Bonchev–Trinajstić information content (AvgIpc) is 2.90. The number of nitrogen functional groups attached to an aromatic ring is 1. The SMILES string of the molecule is CC1(CNC(=O)c2cc3c(cc2N)OCO3)CC1. The van der Waals surface area contributed by atoms with E-state index < -0.39 is 0 Å². The fraction of sp³-hybridized carbons (Fsp3) is 0.462. The first-order chi connectivity index (χ1) is 8.57. The highest BCUT2D eigenvalue weighted by atomic mass is 16.7. The van der Waals surface area contributed by atoms with Gasteiger partial charge in [-0.25, -0.2) is 0 Å². The molecule has 18 heavy (non-hydrogen) atoms. The molecule has 0 unspecified atom stereocenters. The number of benzene rings is 1. The van der Waals surface area contributed by atoms with Crippen molar-refractivity contribution in [3.05, 3.63) is 17.7 Å². The predicted molar refractivity (Wildman–Crippen MR) is 66.7 cm³/mol. The Labute approximate surface area is 105 Å². The molecule has 1 aromatic rings. The van der Waals surface area contributed by atoms with Crippen LogP contribution < -0.4 is 20.5 Å². The Morgan fingerprint density at radius 3 is 2.72 bits per heavy atom. The normalized spacial score (nSPS) is 18.5. The van der Waals surface area contributed by atoms with Crippen molar-refractivity contribution in [3.8, 4) is 11.5 Å². The van der Waals surface area contributed by atoms with Crippen molar-refractivity contribution in [1.29, 1.82) is 0 Å². The molecule has 0 aromatic heterocycles. The predicted octanol–water partition coefficient (Wildman–Crippen LogP) is 1.53. The van der Waals surface area contributed by atoms with Gasteiger partial charge in [0, 0.05) is 18.3 Å². The first-order valence-corrected chi connectivity index (χ1v) is 6.05. The van der Waals surface area contributed by atoms with Crippen molar-refractivity contribution in [2.24, 2.45) is 5.41 Å². The maximum absolute atomic E-state index is 12.1. The molecule has 0 saturated heterocycles. The van der Waals surface area contributed by atoms with Crippen molar-refractivity contribution in [2.75, 3.05) is 19.1 Å². The molecule has 3 N–H and O–H groups in total. The highest BCUT2D eigenvalue weighted by molar-refractivity contribution is 6.00. The number of carbonyl (C=O) groups excluding carboxylic acids is 1. The highest BCUT2D eigenvalue weighted by Gasteiger charge is 2.37. The monoisotopic (exact) mass is 248 g/mol. The molecule has 1 saturated carbocycles. The summed E-state index contributed by atoms with van der Waals surface area (Å²) in [4.78, 5) is 12.1. The van der Waals surface area contributed by atoms with Gasteiger partial charge < -0.3 is 20.5 Å². The minimum absolute atomic E-state index is 0.154. The van der Waals surface area contributed by atoms with E-state index in [1.54, 1.807) is 12.1 Å². The Morgan fingerprint density at radius 1 is 1.39 bits per heavy atom. The van der Waals surface area contributed by atoms with Crippen LogP contribution in [0.5, 0.6) is 11.5 Å². The quantitative estimate of drug-likeness (QED) is 0.795. The standard InChI is InChI=1S/C13H16N2O3/c1-13(2-3-13)6-15-12(16)8-4-10-11(5-9(8)14)18-7-17-10/h4-5H,2-3,6-7,14H2,1H3,(H,15,16). The molecule has 1 heterocycles. The second-order valence-corrected chi connectivity index (χ2v) is 5.29. The van der Waals surface area contributed by atoms with Crippen LogP contribution in [0.1, 0.15) is 30.1 Å². The molecule has 5 heteroatoms. The Morgan fingerprint density at radius 2 is 2.06 bits per heavy atom. The average molecular weight is 248 g/mol. The number of carbonyl (C=O) groups is 1. The lowest BCUT2D eigenvalue weighted by molar-refractivity contribution is 0.0946. The number of rotatable bonds is 3. The van der Waals surface area contributed by atoms with Crippen molar-refractivity contribution in [2.45, 2.75) is 19.8 Å². The molecule has 1 aromatic carbocycles. The van der Waals surface area contributed by atoms with E-state index in [1.165, 1.54) is 12.8 Å². The van der Waals surface area contributed by atoms with Gasteiger partial charge in [-0.05, 0) is 24.3 Å². The van der Waals surface area contributed by atoms with Gasteiger partial charge in [0.05, 0.1) is 5.56 Å². The molecule has 0 spiro atoms. The Hall–Kier alpha value is -1.91. The Balaban J connectivity index is 1.76. The van der Waals surface area contributed by atoms with Gasteiger partial charge in [0.15, 0.2) is 11.5 Å². The van der Waals surface area contributed by atoms with Crippen LogP contribution >= 0.6 is 0 Å². The number of amides is 1. The zero-order chi connectivity index (χ0) is 12.8. The molecule has 0 bridgehead atoms. The van der Waals surface area contributed by atoms with Crippen LogP contribution in [-0.4, -0.2) is 19.2 Å². The molecule has 1 fully saturated rings. The molecule has 0 radical (unpaired) electrons. The maximum atomic E-state index is 12.1. The van der Waals surface area contributed by atoms with E-state index in [9.17, 15) is 4.79 Å². The first-order valence-electron chi connectivity index (χ1n) is 6.05. The third kappa shape index (κ3) is 1.96. The van der Waals surface area contributed by atoms with Crippen LogP contribution in [0.15, 0.2) is 12.1 Å². The van der Waals surface area contributed by atoms with Crippen molar-refractivity contribution in [1.82, 2.24) is 5.32 Å². The number of hydrogen-bond donors (Lipinski definition) is 2. The summed E-state index contributed by atoms with van der Waals surface area (Å²) in [6, 6.07) is 3.28. The summed E-state index contributed by atoms with van der Waals surface area (Å²) in [5.74, 6) is 1.02. The second kappa shape index (κ2) is 3.80. The van der Waals surface area contributed by atoms with Crippen molar-refractivity contribution in [3.63, 3.8) is 0 Å². The summed E-state index contributed by atoms with van der Waals surface area (Å²) in [5, 5.41) is 2.92. The van der Waals surface area contributed by atoms with E-state index in [4.69, 9.17) is 15.2 Å². The molecule has 5 nitrogen and oxygen atoms in total. The molecule has 1 amide bonds. The number of nitrogens with two attached hydrogens (primary N) is 1. The number of nitrogens with one attached hydrogen (secondary N) is 1. The maximum Gasteiger partial charge on any atom is 0.253 e. The van der Waals surface area contributed by atoms with Crippen molar-refractivity contribution >= 4 is 11.6 Å². The van der Waals surface area contributed by atoms with E-state index in [1.807, 2.05) is 0 Å². The lowest BCUT2D eigenvalue weighted by Gasteiger charge is -2.11. The summed E-state index contributed by atoms with van der Waals surface area (Å²) in [7, 11) is 0. The molecular weight excluding hydrogens is 232 g/mol. The lowest BCUT2D eigenvalue weighted by Crippen LogP contribution is -2.29. The van der Waals surface area contributed by atoms with Gasteiger partial charge in [0.1, 0.15) is 0 Å². The largest absolute Gasteiger partial charge is 0.454 e. The van der Waals surface area contributed by atoms with Gasteiger partial charge in [-0.2, -0.15) is 0 Å². The molecule has 96 valence electrons. The summed E-state index contributed by atoms with van der Waals surface area (Å²) in [5.41, 5.74) is 6.99. The van der Waals surface area contributed by atoms with Gasteiger partial charge in [0.2, 0.25) is 6.79 Å². The Kier molecular flexibility index (Phi) is 2.36. The molecule has 0 atom stereocenters. The summed E-state index contributed by atoms with van der Waals surface area (Å²) < 4.78 is 10.4. The minimum Gasteiger partial charge on any atom is -0.454 e. The molecule has 1 aliphatic heterocycles. The van der Waals surface area contributed by atoms with Crippen molar-refractivity contribution < 1.29 is 14.3 Å². The Bertz CT molecular complexity index is 509. The number of fused-ring (bicyclic) bond motifs is 1. The van der Waals surface area contributed by atoms with Crippen LogP contribution in [-0.2, 0) is 0 Å². The van der Waals surface area contributed by atoms with Crippen LogP contribution in [0.25, 0.3) is 0 Å². The first kappa shape index (κ1) is 11.2. The fourth-order valence-corrected chi connectivity index (χ4v) is 1.93. The van der Waals surface area contributed by atoms with Gasteiger partial charge in [-0.15, -0.1) is 0 Å². The number of anilines is 1. The highest BCUT2D eigenvalue weighted by Crippen LogP contribution is 2.44. The molecular formula is C13H16N2O3. The molecule has 3 rings (SSSR count).